The number of halogens is 3. The van der Waals surface area contributed by atoms with E-state index in [1.54, 1.807) is 46.5 Å². The van der Waals surface area contributed by atoms with E-state index in [9.17, 15) is 32.3 Å². The van der Waals surface area contributed by atoms with E-state index >= 15 is 0 Å². The maximum atomic E-state index is 14.1. The summed E-state index contributed by atoms with van der Waals surface area (Å²) < 4.78 is 47.2. The molecule has 12 nitrogen and oxygen atoms in total. The molecule has 0 radical (unpaired) electrons. The van der Waals surface area contributed by atoms with Crippen molar-refractivity contribution in [3.05, 3.63) is 82.5 Å². The Morgan fingerprint density at radius 2 is 1.75 bits per heavy atom. The average molecular weight is 809 g/mol. The molecule has 5 atom stereocenters. The summed E-state index contributed by atoms with van der Waals surface area (Å²) in [5.41, 5.74) is -0.683. The minimum atomic E-state index is -3.06. The fourth-order valence-corrected chi connectivity index (χ4v) is 6.23. The van der Waals surface area contributed by atoms with E-state index in [-0.39, 0.29) is 98.9 Å². The topological polar surface area (TPSA) is 171 Å². The van der Waals surface area contributed by atoms with Crippen LogP contribution < -0.4 is 72.7 Å². The number of aryl methyl sites for hydroxylation is 1. The van der Waals surface area contributed by atoms with Gasteiger partial charge in [0.1, 0.15) is 11.9 Å². The van der Waals surface area contributed by atoms with Crippen LogP contribution >= 0.6 is 9.24 Å². The summed E-state index contributed by atoms with van der Waals surface area (Å²) in [5, 5.41) is 19.2. The van der Waals surface area contributed by atoms with Gasteiger partial charge >= 0.3 is 63.4 Å². The normalized spacial score (nSPS) is 14.5. The number of carbonyl (C=O) groups is 3. The summed E-state index contributed by atoms with van der Waals surface area (Å²) in [5.74, 6) is -0.180. The number of anilines is 1. The van der Waals surface area contributed by atoms with Crippen LogP contribution in [0.5, 0.6) is 0 Å². The van der Waals surface area contributed by atoms with Crippen LogP contribution in [0, 0.1) is 23.6 Å². The van der Waals surface area contributed by atoms with E-state index in [0.717, 1.165) is 24.1 Å². The minimum absolute atomic E-state index is 0. The molecular formula is C38H47F3KN7O5P-. The van der Waals surface area contributed by atoms with Gasteiger partial charge in [-0.1, -0.05) is 97.3 Å². The fraction of sp³-hybridized carbons (Fsp3) is 0.447. The summed E-state index contributed by atoms with van der Waals surface area (Å²) in [7, 11) is 1.58. The fourth-order valence-electron chi connectivity index (χ4n) is 5.99. The van der Waals surface area contributed by atoms with Crippen LogP contribution in [0.4, 0.5) is 24.0 Å². The number of benzene rings is 2. The third-order valence-electron chi connectivity index (χ3n) is 9.51. The number of fused-ring (bicyclic) bond motifs is 3. The molecule has 5 N–H and O–H groups in total. The quantitative estimate of drug-likeness (QED) is 0.0737. The van der Waals surface area contributed by atoms with Crippen LogP contribution in [0.25, 0.3) is 10.9 Å². The molecule has 0 saturated heterocycles. The first-order valence-corrected chi connectivity index (χ1v) is 18.5. The third-order valence-corrected chi connectivity index (χ3v) is 9.82. The van der Waals surface area contributed by atoms with Crippen molar-refractivity contribution in [1.29, 1.82) is 0 Å². The summed E-state index contributed by atoms with van der Waals surface area (Å²) in [6, 6.07) is 9.20. The van der Waals surface area contributed by atoms with Gasteiger partial charge in [-0.25, -0.2) is 15.5 Å². The second kappa shape index (κ2) is 21.3. The maximum Gasteiger partial charge on any atom is 1.00 e. The van der Waals surface area contributed by atoms with Crippen molar-refractivity contribution in [1.82, 2.24) is 31.1 Å². The molecule has 1 aliphatic carbocycles. The SMILES string of the molecule is CCC(C)[C@@H]([C-]=O)NC(=O)Cc1ccccc1F.CCNC(=O)Nc1nnc([C@@H](NC(=O)[C-]2CCc3[nH]c4c(C(F)(F)P)cccc4c3C2)C(C)CC)o1.[K+]. The molecule has 2 aromatic carbocycles. The number of aromatic nitrogens is 3. The largest absolute Gasteiger partial charge is 1.00 e. The summed E-state index contributed by atoms with van der Waals surface area (Å²) in [6.07, 6.45) is 4.64. The van der Waals surface area contributed by atoms with Crippen LogP contribution in [0.15, 0.2) is 46.9 Å². The molecule has 0 fully saturated rings. The zero-order valence-electron chi connectivity index (χ0n) is 31.9. The van der Waals surface area contributed by atoms with Crippen molar-refractivity contribution in [3.8, 4) is 0 Å². The summed E-state index contributed by atoms with van der Waals surface area (Å²) >= 11 is 0. The van der Waals surface area contributed by atoms with E-state index in [1.807, 2.05) is 34.0 Å². The Bertz CT molecular complexity index is 1920. The molecule has 55 heavy (non-hydrogen) atoms. The number of urea groups is 1. The van der Waals surface area contributed by atoms with Crippen LogP contribution in [0.1, 0.15) is 88.2 Å². The summed E-state index contributed by atoms with van der Waals surface area (Å²) in [6.45, 7) is 9.96. The summed E-state index contributed by atoms with van der Waals surface area (Å²) in [4.78, 5) is 50.7. The van der Waals surface area contributed by atoms with Crippen LogP contribution in [0.3, 0.4) is 0 Å². The molecule has 1 aliphatic rings. The van der Waals surface area contributed by atoms with E-state index in [2.05, 4.69) is 36.4 Å². The first-order valence-electron chi connectivity index (χ1n) is 17.9. The van der Waals surface area contributed by atoms with Crippen molar-refractivity contribution in [2.45, 2.75) is 90.9 Å². The first-order chi connectivity index (χ1) is 25.7. The van der Waals surface area contributed by atoms with Crippen molar-refractivity contribution < 1.29 is 88.2 Å². The van der Waals surface area contributed by atoms with Gasteiger partial charge in [-0.2, -0.15) is 15.2 Å². The molecule has 4 aromatic rings. The number of para-hydroxylation sites is 1. The Labute approximate surface area is 363 Å². The van der Waals surface area contributed by atoms with Gasteiger partial charge in [-0.05, 0) is 42.4 Å². The number of amides is 4. The van der Waals surface area contributed by atoms with Crippen LogP contribution in [-0.4, -0.2) is 51.9 Å². The second-order valence-electron chi connectivity index (χ2n) is 13.3. The van der Waals surface area contributed by atoms with Gasteiger partial charge < -0.3 is 34.9 Å². The Morgan fingerprint density at radius 3 is 2.38 bits per heavy atom. The predicted molar refractivity (Wildman–Crippen MR) is 202 cm³/mol. The number of hydrogen-bond acceptors (Lipinski definition) is 7. The molecule has 2 heterocycles. The van der Waals surface area contributed by atoms with E-state index in [1.165, 1.54) is 12.1 Å². The Balaban J connectivity index is 0.000000362. The number of H-pyrrole nitrogens is 1. The molecule has 3 unspecified atom stereocenters. The number of rotatable bonds is 14. The monoisotopic (exact) mass is 808 g/mol. The number of aromatic amines is 1. The van der Waals surface area contributed by atoms with Gasteiger partial charge in [0, 0.05) is 23.2 Å². The molecular weight excluding hydrogens is 762 g/mol. The van der Waals surface area contributed by atoms with Gasteiger partial charge in [-0.15, -0.1) is 11.5 Å². The number of nitrogens with zero attached hydrogens (tertiary/aromatic N) is 2. The standard InChI is InChI=1S/C24H30F2N6O3P.C14H17FNO2.K/c1-4-12(3)18(21-31-32-23(35-21)30-22(34)27-5-2)29-20(33)13-9-10-17-15(11-13)14-7-6-8-16(19(14)28-17)24(25,26)36;1-3-10(2)13(9-17)16-14(18)8-11-6-4-5-7-12(11)15;/h6-8,12,18,28H,4-5,9-11,36H2,1-3H3,(H,29,33)(H2,27,30,32,34);4-7,10,13H,3,8H2,1-2H3,(H,16,18);/q2*-1;+1/t12?,18-;10?,13-;/m01./s1. The van der Waals surface area contributed by atoms with E-state index in [4.69, 9.17) is 4.42 Å². The second-order valence-corrected chi connectivity index (χ2v) is 14.0. The molecule has 17 heteroatoms. The molecule has 4 amide bonds. The first kappa shape index (κ1) is 46.1. The van der Waals surface area contributed by atoms with Gasteiger partial charge in [0.15, 0.2) is 0 Å². The number of nitrogens with one attached hydrogen (secondary N) is 5. The van der Waals surface area contributed by atoms with Crippen molar-refractivity contribution in [3.63, 3.8) is 0 Å². The van der Waals surface area contributed by atoms with Gasteiger partial charge in [0.05, 0.1) is 17.8 Å². The maximum absolute atomic E-state index is 14.1. The molecule has 0 aliphatic heterocycles. The van der Waals surface area contributed by atoms with Gasteiger partial charge in [0.25, 0.3) is 5.66 Å². The molecule has 5 rings (SSSR count). The van der Waals surface area contributed by atoms with Crippen molar-refractivity contribution in [2.75, 3.05) is 11.9 Å². The van der Waals surface area contributed by atoms with Gasteiger partial charge in [-0.3, -0.25) is 16.0 Å². The van der Waals surface area contributed by atoms with Gasteiger partial charge in [0.2, 0.25) is 11.8 Å². The molecule has 0 bridgehead atoms. The molecule has 0 saturated carbocycles. The van der Waals surface area contributed by atoms with Crippen LogP contribution in [-0.2, 0) is 39.3 Å². The predicted octanol–water partition coefficient (Wildman–Crippen LogP) is 3.60. The Morgan fingerprint density at radius 1 is 1.04 bits per heavy atom. The smallest absolute Gasteiger partial charge is 0.540 e. The Hall–Kier alpha value is -3.27. The average Bonchev–Trinajstić information content (AvgIpc) is 3.77. The zero-order chi connectivity index (χ0) is 39.6. The zero-order valence-corrected chi connectivity index (χ0v) is 36.2. The third kappa shape index (κ3) is 12.4. The van der Waals surface area contributed by atoms with E-state index in [0.29, 0.717) is 48.2 Å². The van der Waals surface area contributed by atoms with Crippen molar-refractivity contribution in [2.24, 2.45) is 11.8 Å². The Kier molecular flexibility index (Phi) is 17.9. The number of hydrogen-bond donors (Lipinski definition) is 5. The molecule has 2 aromatic heterocycles. The van der Waals surface area contributed by atoms with Crippen molar-refractivity contribution >= 4 is 50.3 Å². The van der Waals surface area contributed by atoms with E-state index < -0.39 is 29.6 Å². The minimum Gasteiger partial charge on any atom is -0.540 e. The number of carbonyl (C=O) groups excluding carboxylic acids is 4. The molecule has 0 spiro atoms. The molecule has 292 valence electrons. The number of alkyl halides is 2. The van der Waals surface area contributed by atoms with Crippen LogP contribution in [0.2, 0.25) is 0 Å².